The van der Waals surface area contributed by atoms with Crippen LogP contribution in [0, 0.1) is 12.3 Å². The molecule has 0 aromatic carbocycles. The van der Waals surface area contributed by atoms with Crippen LogP contribution >= 0.6 is 11.3 Å². The zero-order chi connectivity index (χ0) is 26.3. The number of rotatable bonds is 7. The van der Waals surface area contributed by atoms with E-state index in [2.05, 4.69) is 25.1 Å². The van der Waals surface area contributed by atoms with Crippen molar-refractivity contribution in [3.05, 3.63) is 58.1 Å². The first-order valence-electron chi connectivity index (χ1n) is 11.1. The second-order valence-corrected chi connectivity index (χ2v) is 10.7. The SMILES string of the molecule is COC(c1c(CC(=O)Cc2cnc(-n3nccn3)c(C(F)(F)F)c2)cnc2sc(C)nc12)C(C)(C)C. The highest BCUT2D eigenvalue weighted by atomic mass is 32.1. The van der Waals surface area contributed by atoms with Gasteiger partial charge >= 0.3 is 6.18 Å². The molecule has 0 radical (unpaired) electrons. The zero-order valence-electron chi connectivity index (χ0n) is 20.4. The van der Waals surface area contributed by atoms with E-state index in [0.717, 1.165) is 26.3 Å². The predicted octanol–water partition coefficient (Wildman–Crippen LogP) is 5.08. The minimum Gasteiger partial charge on any atom is -0.376 e. The number of halogens is 3. The summed E-state index contributed by atoms with van der Waals surface area (Å²) in [5.41, 5.74) is 0.921. The lowest BCUT2D eigenvalue weighted by Gasteiger charge is -2.31. The van der Waals surface area contributed by atoms with Crippen LogP contribution in [0.5, 0.6) is 0 Å². The number of Topliss-reactive ketones (excluding diaryl/α,β-unsaturated/α-hetero) is 1. The molecule has 4 rings (SSSR count). The molecule has 4 aromatic heterocycles. The fourth-order valence-corrected chi connectivity index (χ4v) is 4.94. The van der Waals surface area contributed by atoms with E-state index in [9.17, 15) is 18.0 Å². The molecule has 0 bridgehead atoms. The van der Waals surface area contributed by atoms with Crippen molar-refractivity contribution < 1.29 is 22.7 Å². The molecule has 0 aliphatic carbocycles. The monoisotopic (exact) mass is 518 g/mol. The standard InChI is InChI=1S/C24H25F3N6O2S/c1-13-32-19-18(20(35-5)23(2,3)4)15(12-29-22(19)36-13)10-16(34)8-14-9-17(24(25,26)27)21(28-11-14)33-30-6-7-31-33/h6-7,9,11-12,20H,8,10H2,1-5H3. The molecular formula is C24H25F3N6O2S. The zero-order valence-corrected chi connectivity index (χ0v) is 21.2. The number of ketones is 1. The summed E-state index contributed by atoms with van der Waals surface area (Å²) in [4.78, 5) is 27.6. The first-order valence-corrected chi connectivity index (χ1v) is 11.9. The molecule has 0 saturated heterocycles. The third-order valence-corrected chi connectivity index (χ3v) is 6.44. The molecule has 0 spiro atoms. The average Bonchev–Trinajstić information content (AvgIpc) is 3.43. The van der Waals surface area contributed by atoms with Gasteiger partial charge in [0, 0.05) is 37.9 Å². The summed E-state index contributed by atoms with van der Waals surface area (Å²) in [6.07, 6.45) is 0.0667. The fourth-order valence-electron chi connectivity index (χ4n) is 4.17. The number of hydrogen-bond donors (Lipinski definition) is 0. The van der Waals surface area contributed by atoms with Gasteiger partial charge in [-0.1, -0.05) is 32.1 Å². The molecule has 0 aliphatic rings. The Morgan fingerprint density at radius 3 is 2.42 bits per heavy atom. The highest BCUT2D eigenvalue weighted by Gasteiger charge is 2.36. The Bertz CT molecular complexity index is 1390. The van der Waals surface area contributed by atoms with Gasteiger partial charge in [-0.15, -0.1) is 4.80 Å². The van der Waals surface area contributed by atoms with Crippen molar-refractivity contribution >= 4 is 27.5 Å². The van der Waals surface area contributed by atoms with Crippen LogP contribution in [0.25, 0.3) is 16.2 Å². The van der Waals surface area contributed by atoms with E-state index < -0.39 is 17.6 Å². The number of carbonyl (C=O) groups excluding carboxylic acids is 1. The van der Waals surface area contributed by atoms with Gasteiger partial charge in [-0.3, -0.25) is 4.79 Å². The second-order valence-electron chi connectivity index (χ2n) is 9.49. The van der Waals surface area contributed by atoms with Crippen molar-refractivity contribution in [2.45, 2.75) is 52.8 Å². The van der Waals surface area contributed by atoms with Crippen LogP contribution in [-0.4, -0.2) is 42.8 Å². The lowest BCUT2D eigenvalue weighted by molar-refractivity contribution is -0.138. The second kappa shape index (κ2) is 9.66. The van der Waals surface area contributed by atoms with Gasteiger partial charge in [-0.2, -0.15) is 23.4 Å². The Hall–Kier alpha value is -3.25. The number of pyridine rings is 2. The van der Waals surface area contributed by atoms with Crippen molar-refractivity contribution in [1.82, 2.24) is 29.9 Å². The van der Waals surface area contributed by atoms with Gasteiger partial charge < -0.3 is 4.74 Å². The van der Waals surface area contributed by atoms with Crippen molar-refractivity contribution in [1.29, 1.82) is 0 Å². The Morgan fingerprint density at radius 1 is 1.11 bits per heavy atom. The average molecular weight is 519 g/mol. The Kier molecular flexibility index (Phi) is 6.93. The van der Waals surface area contributed by atoms with E-state index in [1.165, 1.54) is 29.9 Å². The van der Waals surface area contributed by atoms with Crippen LogP contribution in [0.4, 0.5) is 13.2 Å². The van der Waals surface area contributed by atoms with Crippen molar-refractivity contribution in [2.24, 2.45) is 5.41 Å². The fraction of sp³-hybridized carbons (Fsp3) is 0.417. The molecule has 0 amide bonds. The molecule has 0 saturated carbocycles. The van der Waals surface area contributed by atoms with E-state index in [-0.39, 0.29) is 35.7 Å². The maximum atomic E-state index is 13.7. The molecule has 0 N–H and O–H groups in total. The lowest BCUT2D eigenvalue weighted by Crippen LogP contribution is -2.23. The summed E-state index contributed by atoms with van der Waals surface area (Å²) in [5, 5.41) is 8.32. The highest BCUT2D eigenvalue weighted by Crippen LogP contribution is 2.41. The van der Waals surface area contributed by atoms with Crippen LogP contribution in [0.3, 0.4) is 0 Å². The molecular weight excluding hydrogens is 493 g/mol. The number of hydrogen-bond acceptors (Lipinski definition) is 8. The Morgan fingerprint density at radius 2 is 1.81 bits per heavy atom. The molecule has 8 nitrogen and oxygen atoms in total. The molecule has 0 aliphatic heterocycles. The summed E-state index contributed by atoms with van der Waals surface area (Å²) < 4.78 is 47.0. The smallest absolute Gasteiger partial charge is 0.376 e. The van der Waals surface area contributed by atoms with E-state index in [0.29, 0.717) is 11.1 Å². The molecule has 190 valence electrons. The number of nitrogens with zero attached hydrogens (tertiary/aromatic N) is 6. The van der Waals surface area contributed by atoms with Crippen molar-refractivity contribution in [3.8, 4) is 5.82 Å². The number of alkyl halides is 3. The molecule has 4 aromatic rings. The number of thiazole rings is 1. The van der Waals surface area contributed by atoms with E-state index >= 15 is 0 Å². The number of fused-ring (bicyclic) bond motifs is 1. The van der Waals surface area contributed by atoms with Gasteiger partial charge in [0.25, 0.3) is 0 Å². The molecule has 1 atom stereocenters. The predicted molar refractivity (Wildman–Crippen MR) is 128 cm³/mol. The van der Waals surface area contributed by atoms with Crippen LogP contribution in [0.1, 0.15) is 54.1 Å². The summed E-state index contributed by atoms with van der Waals surface area (Å²) in [6.45, 7) is 7.96. The van der Waals surface area contributed by atoms with Crippen LogP contribution < -0.4 is 0 Å². The summed E-state index contributed by atoms with van der Waals surface area (Å²) in [6, 6.07) is 0.919. The number of methoxy groups -OCH3 is 1. The van der Waals surface area contributed by atoms with Gasteiger partial charge in [0.1, 0.15) is 21.7 Å². The molecule has 0 fully saturated rings. The van der Waals surface area contributed by atoms with Gasteiger partial charge in [0.2, 0.25) is 0 Å². The molecule has 1 unspecified atom stereocenters. The minimum absolute atomic E-state index is 0.0331. The molecule has 12 heteroatoms. The third-order valence-electron chi connectivity index (χ3n) is 5.57. The van der Waals surface area contributed by atoms with E-state index in [1.54, 1.807) is 13.3 Å². The topological polar surface area (TPSA) is 95.7 Å². The van der Waals surface area contributed by atoms with Gasteiger partial charge in [-0.25, -0.2) is 15.0 Å². The van der Waals surface area contributed by atoms with Crippen LogP contribution in [0.15, 0.2) is 30.9 Å². The van der Waals surface area contributed by atoms with Crippen LogP contribution in [0.2, 0.25) is 0 Å². The summed E-state index contributed by atoms with van der Waals surface area (Å²) >= 11 is 1.45. The number of aryl methyl sites for hydroxylation is 1. The normalized spacial score (nSPS) is 13.3. The Balaban J connectivity index is 1.67. The van der Waals surface area contributed by atoms with E-state index in [1.807, 2.05) is 27.7 Å². The highest BCUT2D eigenvalue weighted by molar-refractivity contribution is 7.18. The minimum atomic E-state index is -4.70. The van der Waals surface area contributed by atoms with Gasteiger partial charge in [0.15, 0.2) is 5.82 Å². The number of carbonyl (C=O) groups is 1. The lowest BCUT2D eigenvalue weighted by atomic mass is 9.82. The first-order chi connectivity index (χ1) is 16.9. The van der Waals surface area contributed by atoms with Crippen LogP contribution in [-0.2, 0) is 28.5 Å². The van der Waals surface area contributed by atoms with Gasteiger partial charge in [0.05, 0.1) is 23.5 Å². The Labute approximate surface area is 209 Å². The maximum Gasteiger partial charge on any atom is 0.420 e. The number of aromatic nitrogens is 6. The summed E-state index contributed by atoms with van der Waals surface area (Å²) in [5.74, 6) is -0.736. The summed E-state index contributed by atoms with van der Waals surface area (Å²) in [7, 11) is 1.60. The van der Waals surface area contributed by atoms with E-state index in [4.69, 9.17) is 4.74 Å². The van der Waals surface area contributed by atoms with Crippen molar-refractivity contribution in [3.63, 3.8) is 0 Å². The quantitative estimate of drug-likeness (QED) is 0.337. The third kappa shape index (κ3) is 5.29. The van der Waals surface area contributed by atoms with Gasteiger partial charge in [-0.05, 0) is 29.5 Å². The number of ether oxygens (including phenoxy) is 1. The maximum absolute atomic E-state index is 13.7. The molecule has 36 heavy (non-hydrogen) atoms. The largest absolute Gasteiger partial charge is 0.420 e. The molecule has 4 heterocycles. The first kappa shape index (κ1) is 25.8. The van der Waals surface area contributed by atoms with Crippen molar-refractivity contribution in [2.75, 3.05) is 7.11 Å².